The van der Waals surface area contributed by atoms with Crippen molar-refractivity contribution in [3.05, 3.63) is 40.7 Å². The normalized spacial score (nSPS) is 16.4. The lowest BCUT2D eigenvalue weighted by Gasteiger charge is -2.24. The molecular formula is C18H21ClN4O4. The Labute approximate surface area is 161 Å². The van der Waals surface area contributed by atoms with Crippen LogP contribution in [0, 0.1) is 0 Å². The number of carboxylic acids is 1. The monoisotopic (exact) mass is 392 g/mol. The van der Waals surface area contributed by atoms with Crippen molar-refractivity contribution in [1.82, 2.24) is 9.97 Å². The molecule has 1 aliphatic heterocycles. The molecule has 1 atom stereocenters. The van der Waals surface area contributed by atoms with Gasteiger partial charge >= 0.3 is 5.97 Å². The number of rotatable bonds is 7. The molecule has 1 aromatic carbocycles. The summed E-state index contributed by atoms with van der Waals surface area (Å²) >= 11 is 6.13. The Hall–Kier alpha value is -2.58. The average molecular weight is 393 g/mol. The number of hydrogen-bond donors (Lipinski definition) is 3. The summed E-state index contributed by atoms with van der Waals surface area (Å²) in [7, 11) is 1.54. The molecule has 0 bridgehead atoms. The van der Waals surface area contributed by atoms with Gasteiger partial charge in [0.15, 0.2) is 11.5 Å². The minimum Gasteiger partial charge on any atom is -0.495 e. The Morgan fingerprint density at radius 3 is 2.96 bits per heavy atom. The zero-order chi connectivity index (χ0) is 19.4. The van der Waals surface area contributed by atoms with Crippen molar-refractivity contribution in [3.63, 3.8) is 0 Å². The minimum atomic E-state index is -1.16. The Morgan fingerprint density at radius 2 is 2.30 bits per heavy atom. The number of methoxy groups -OCH3 is 1. The number of nitrogens with zero attached hydrogens (tertiary/aromatic N) is 3. The van der Waals surface area contributed by atoms with E-state index in [1.165, 1.54) is 13.3 Å². The molecule has 0 saturated carbocycles. The fraction of sp³-hybridized carbons (Fsp3) is 0.389. The zero-order valence-electron chi connectivity index (χ0n) is 14.9. The van der Waals surface area contributed by atoms with Crippen molar-refractivity contribution in [2.45, 2.75) is 25.4 Å². The first-order chi connectivity index (χ1) is 13.0. The van der Waals surface area contributed by atoms with Gasteiger partial charge in [-0.2, -0.15) is 0 Å². The molecule has 8 nitrogen and oxygen atoms in total. The molecule has 9 heteroatoms. The Bertz CT molecular complexity index is 833. The molecule has 0 amide bonds. The topological polar surface area (TPSA) is 108 Å². The summed E-state index contributed by atoms with van der Waals surface area (Å²) < 4.78 is 5.13. The van der Waals surface area contributed by atoms with Gasteiger partial charge in [0.1, 0.15) is 11.6 Å². The number of aromatic nitrogens is 2. The van der Waals surface area contributed by atoms with Gasteiger partial charge in [0, 0.05) is 13.1 Å². The van der Waals surface area contributed by atoms with E-state index in [1.54, 1.807) is 12.1 Å². The minimum absolute atomic E-state index is 0.0233. The first kappa shape index (κ1) is 19.2. The predicted molar refractivity (Wildman–Crippen MR) is 102 cm³/mol. The zero-order valence-corrected chi connectivity index (χ0v) is 15.6. The van der Waals surface area contributed by atoms with Crippen LogP contribution in [0.4, 0.5) is 11.6 Å². The lowest BCUT2D eigenvalue weighted by atomic mass is 10.2. The highest BCUT2D eigenvalue weighted by molar-refractivity contribution is 6.32. The molecule has 3 rings (SSSR count). The summed E-state index contributed by atoms with van der Waals surface area (Å²) in [5.74, 6) is 0.129. The number of nitrogens with one attached hydrogen (secondary N) is 1. The van der Waals surface area contributed by atoms with Crippen LogP contribution < -0.4 is 15.0 Å². The fourth-order valence-corrected chi connectivity index (χ4v) is 3.41. The highest BCUT2D eigenvalue weighted by Crippen LogP contribution is 2.27. The third kappa shape index (κ3) is 4.23. The van der Waals surface area contributed by atoms with E-state index < -0.39 is 5.97 Å². The SMILES string of the molecule is COc1ccc(CNc2nc(N3CCC[C@H]3CO)cnc2C(=O)O)cc1Cl. The van der Waals surface area contributed by atoms with Gasteiger partial charge in [-0.3, -0.25) is 0 Å². The van der Waals surface area contributed by atoms with Crippen LogP contribution in [0.25, 0.3) is 0 Å². The quantitative estimate of drug-likeness (QED) is 0.659. The smallest absolute Gasteiger partial charge is 0.358 e. The maximum atomic E-state index is 11.5. The van der Waals surface area contributed by atoms with Gasteiger partial charge in [-0.25, -0.2) is 14.8 Å². The van der Waals surface area contributed by atoms with Gasteiger partial charge in [0.2, 0.25) is 0 Å². The van der Waals surface area contributed by atoms with Crippen LogP contribution in [-0.2, 0) is 6.54 Å². The van der Waals surface area contributed by atoms with E-state index in [0.717, 1.165) is 24.9 Å². The van der Waals surface area contributed by atoms with Gasteiger partial charge in [-0.05, 0) is 30.5 Å². The largest absolute Gasteiger partial charge is 0.495 e. The summed E-state index contributed by atoms with van der Waals surface area (Å²) in [5.41, 5.74) is 0.692. The molecule has 2 heterocycles. The van der Waals surface area contributed by atoms with Crippen LogP contribution in [0.5, 0.6) is 5.75 Å². The van der Waals surface area contributed by atoms with Gasteiger partial charge in [-0.15, -0.1) is 0 Å². The number of aromatic carboxylic acids is 1. The summed E-state index contributed by atoms with van der Waals surface area (Å²) in [6.45, 7) is 1.10. The number of ether oxygens (including phenoxy) is 1. The first-order valence-corrected chi connectivity index (χ1v) is 8.95. The molecule has 27 heavy (non-hydrogen) atoms. The van der Waals surface area contributed by atoms with E-state index in [2.05, 4.69) is 15.3 Å². The molecule has 2 aromatic rings. The molecule has 0 spiro atoms. The Kier molecular flexibility index (Phi) is 5.98. The highest BCUT2D eigenvalue weighted by Gasteiger charge is 2.26. The predicted octanol–water partition coefficient (Wildman–Crippen LogP) is 2.41. The fourth-order valence-electron chi connectivity index (χ4n) is 3.13. The van der Waals surface area contributed by atoms with Crippen molar-refractivity contribution < 1.29 is 19.7 Å². The summed E-state index contributed by atoms with van der Waals surface area (Å²) in [4.78, 5) is 21.9. The number of aliphatic hydroxyl groups is 1. The van der Waals surface area contributed by atoms with E-state index in [4.69, 9.17) is 16.3 Å². The molecule has 1 aromatic heterocycles. The number of carbonyl (C=O) groups is 1. The first-order valence-electron chi connectivity index (χ1n) is 8.57. The summed E-state index contributed by atoms with van der Waals surface area (Å²) in [6, 6.07) is 5.30. The van der Waals surface area contributed by atoms with Crippen molar-refractivity contribution >= 4 is 29.2 Å². The van der Waals surface area contributed by atoms with Crippen LogP contribution in [0.15, 0.2) is 24.4 Å². The lowest BCUT2D eigenvalue weighted by Crippen LogP contribution is -2.33. The second kappa shape index (κ2) is 8.41. The Balaban J connectivity index is 1.83. The second-order valence-corrected chi connectivity index (χ2v) is 6.63. The van der Waals surface area contributed by atoms with Gasteiger partial charge in [0.25, 0.3) is 0 Å². The van der Waals surface area contributed by atoms with Crippen LogP contribution >= 0.6 is 11.6 Å². The molecule has 0 aliphatic carbocycles. The third-order valence-corrected chi connectivity index (χ3v) is 4.82. The van der Waals surface area contributed by atoms with Crippen LogP contribution in [-0.4, -0.2) is 52.5 Å². The van der Waals surface area contributed by atoms with E-state index in [1.807, 2.05) is 11.0 Å². The average Bonchev–Trinajstić information content (AvgIpc) is 3.15. The second-order valence-electron chi connectivity index (χ2n) is 6.23. The van der Waals surface area contributed by atoms with Crippen LogP contribution in [0.2, 0.25) is 5.02 Å². The standard InChI is InChI=1S/C18H21ClN4O4/c1-27-14-5-4-11(7-13(14)19)8-21-17-16(18(25)26)20-9-15(22-17)23-6-2-3-12(23)10-24/h4-5,7,9,12,24H,2-3,6,8,10H2,1H3,(H,21,22)(H,25,26)/t12-/m0/s1. The molecular weight excluding hydrogens is 372 g/mol. The molecule has 3 N–H and O–H groups in total. The van der Waals surface area contributed by atoms with Crippen LogP contribution in [0.3, 0.4) is 0 Å². The van der Waals surface area contributed by atoms with Crippen molar-refractivity contribution in [2.24, 2.45) is 0 Å². The molecule has 0 unspecified atom stereocenters. The van der Waals surface area contributed by atoms with Gasteiger partial charge in [-0.1, -0.05) is 17.7 Å². The number of aliphatic hydroxyl groups excluding tert-OH is 1. The van der Waals surface area contributed by atoms with E-state index in [9.17, 15) is 15.0 Å². The maximum Gasteiger partial charge on any atom is 0.358 e. The highest BCUT2D eigenvalue weighted by atomic mass is 35.5. The molecule has 0 radical (unpaired) electrons. The third-order valence-electron chi connectivity index (χ3n) is 4.52. The van der Waals surface area contributed by atoms with Crippen molar-refractivity contribution in [3.8, 4) is 5.75 Å². The van der Waals surface area contributed by atoms with E-state index >= 15 is 0 Å². The van der Waals surface area contributed by atoms with E-state index in [0.29, 0.717) is 23.1 Å². The number of anilines is 2. The maximum absolute atomic E-state index is 11.5. The number of halogens is 1. The summed E-state index contributed by atoms with van der Waals surface area (Å²) in [6.07, 6.45) is 3.25. The lowest BCUT2D eigenvalue weighted by molar-refractivity contribution is 0.0691. The number of benzene rings is 1. The summed E-state index contributed by atoms with van der Waals surface area (Å²) in [5, 5.41) is 22.4. The van der Waals surface area contributed by atoms with E-state index in [-0.39, 0.29) is 24.2 Å². The molecule has 1 saturated heterocycles. The van der Waals surface area contributed by atoms with Crippen molar-refractivity contribution in [2.75, 3.05) is 30.5 Å². The number of carboxylic acid groups (broad SMARTS) is 1. The van der Waals surface area contributed by atoms with Crippen LogP contribution in [0.1, 0.15) is 28.9 Å². The molecule has 1 aliphatic rings. The molecule has 144 valence electrons. The number of hydrogen-bond acceptors (Lipinski definition) is 7. The van der Waals surface area contributed by atoms with Crippen molar-refractivity contribution in [1.29, 1.82) is 0 Å². The van der Waals surface area contributed by atoms with Gasteiger partial charge < -0.3 is 25.2 Å². The van der Waals surface area contributed by atoms with Gasteiger partial charge in [0.05, 0.1) is 31.0 Å². The Morgan fingerprint density at radius 1 is 1.48 bits per heavy atom. The molecule has 1 fully saturated rings.